The highest BCUT2D eigenvalue weighted by atomic mass is 19.1. The third kappa shape index (κ3) is 5.10. The van der Waals surface area contributed by atoms with E-state index in [1.165, 1.54) is 12.1 Å². The Kier molecular flexibility index (Phi) is 6.94. The van der Waals surface area contributed by atoms with E-state index in [4.69, 9.17) is 4.74 Å². The minimum atomic E-state index is -0.342. The molecule has 3 rings (SSSR count). The number of halogens is 1. The monoisotopic (exact) mass is 415 g/mol. The summed E-state index contributed by atoms with van der Waals surface area (Å²) in [4.78, 5) is 37.0. The van der Waals surface area contributed by atoms with E-state index >= 15 is 0 Å². The second-order valence-corrected chi connectivity index (χ2v) is 7.22. The summed E-state index contributed by atoms with van der Waals surface area (Å²) in [6, 6.07) is 7.70. The van der Waals surface area contributed by atoms with E-state index in [1.54, 1.807) is 43.1 Å². The predicted octanol–water partition coefficient (Wildman–Crippen LogP) is 2.17. The van der Waals surface area contributed by atoms with Crippen LogP contribution in [0.2, 0.25) is 0 Å². The number of benzene rings is 1. The van der Waals surface area contributed by atoms with Gasteiger partial charge in [0, 0.05) is 51.8 Å². The van der Waals surface area contributed by atoms with Crippen molar-refractivity contribution < 1.29 is 18.7 Å². The summed E-state index contributed by atoms with van der Waals surface area (Å²) >= 11 is 0. The molecule has 0 radical (unpaired) electrons. The number of ether oxygens (including phenoxy) is 1. The molecule has 160 valence electrons. The zero-order valence-corrected chi connectivity index (χ0v) is 17.4. The lowest BCUT2D eigenvalue weighted by Gasteiger charge is -2.19. The van der Waals surface area contributed by atoms with Crippen LogP contribution in [0.5, 0.6) is 0 Å². The standard InChI is InChI=1S/C21H26FN5O3/c1-23-18-11-17(24-19(25-18)13-26(2)20(28)8-9-30-3)14-10-21(29)27(12-14)16-6-4-15(22)5-7-16/h4-7,11,14H,8-10,12-13H2,1-3H3,(H,23,24,25)/t14-/m0/s1. The molecule has 2 aromatic rings. The molecule has 2 amide bonds. The summed E-state index contributed by atoms with van der Waals surface area (Å²) in [5.41, 5.74) is 1.40. The van der Waals surface area contributed by atoms with Gasteiger partial charge in [-0.1, -0.05) is 0 Å². The molecule has 1 saturated heterocycles. The number of aromatic nitrogens is 2. The van der Waals surface area contributed by atoms with E-state index in [0.717, 1.165) is 5.69 Å². The molecule has 0 spiro atoms. The van der Waals surface area contributed by atoms with Crippen LogP contribution < -0.4 is 10.2 Å². The average Bonchev–Trinajstić information content (AvgIpc) is 3.13. The van der Waals surface area contributed by atoms with Gasteiger partial charge >= 0.3 is 0 Å². The summed E-state index contributed by atoms with van der Waals surface area (Å²) in [6.45, 7) is 1.06. The third-order valence-electron chi connectivity index (χ3n) is 5.05. The van der Waals surface area contributed by atoms with Crippen molar-refractivity contribution in [2.45, 2.75) is 25.3 Å². The highest BCUT2D eigenvalue weighted by Gasteiger charge is 2.33. The van der Waals surface area contributed by atoms with E-state index in [-0.39, 0.29) is 36.5 Å². The maximum atomic E-state index is 13.2. The number of hydrogen-bond acceptors (Lipinski definition) is 6. The van der Waals surface area contributed by atoms with Gasteiger partial charge in [0.15, 0.2) is 0 Å². The van der Waals surface area contributed by atoms with Crippen LogP contribution in [0.25, 0.3) is 0 Å². The lowest BCUT2D eigenvalue weighted by molar-refractivity contribution is -0.131. The number of amides is 2. The maximum absolute atomic E-state index is 13.2. The summed E-state index contributed by atoms with van der Waals surface area (Å²) in [5.74, 6) is 0.564. The van der Waals surface area contributed by atoms with Gasteiger partial charge in [-0.2, -0.15) is 0 Å². The zero-order valence-electron chi connectivity index (χ0n) is 17.4. The smallest absolute Gasteiger partial charge is 0.227 e. The highest BCUT2D eigenvalue weighted by Crippen LogP contribution is 2.31. The fraction of sp³-hybridized carbons (Fsp3) is 0.429. The quantitative estimate of drug-likeness (QED) is 0.711. The van der Waals surface area contributed by atoms with Crippen LogP contribution in [0, 0.1) is 5.82 Å². The van der Waals surface area contributed by atoms with E-state index in [2.05, 4.69) is 15.3 Å². The van der Waals surface area contributed by atoms with Gasteiger partial charge in [0.25, 0.3) is 0 Å². The number of methoxy groups -OCH3 is 1. The molecule has 1 aromatic heterocycles. The summed E-state index contributed by atoms with van der Waals surface area (Å²) in [6.07, 6.45) is 0.592. The number of carbonyl (C=O) groups is 2. The largest absolute Gasteiger partial charge is 0.384 e. The molecular formula is C21H26FN5O3. The highest BCUT2D eigenvalue weighted by molar-refractivity contribution is 5.96. The van der Waals surface area contributed by atoms with Crippen molar-refractivity contribution >= 4 is 23.3 Å². The molecule has 0 aliphatic carbocycles. The Hall–Kier alpha value is -3.07. The van der Waals surface area contributed by atoms with Crippen LogP contribution in [0.1, 0.15) is 30.3 Å². The Morgan fingerprint density at radius 1 is 1.33 bits per heavy atom. The number of rotatable bonds is 8. The van der Waals surface area contributed by atoms with Crippen LogP contribution >= 0.6 is 0 Å². The van der Waals surface area contributed by atoms with Crippen molar-refractivity contribution in [1.82, 2.24) is 14.9 Å². The number of anilines is 2. The Bertz CT molecular complexity index is 906. The first-order valence-corrected chi connectivity index (χ1v) is 9.75. The van der Waals surface area contributed by atoms with Gasteiger partial charge in [-0.05, 0) is 24.3 Å². The number of nitrogens with zero attached hydrogens (tertiary/aromatic N) is 4. The summed E-state index contributed by atoms with van der Waals surface area (Å²) in [5, 5.41) is 3.01. The zero-order chi connectivity index (χ0) is 21.7. The molecule has 1 N–H and O–H groups in total. The fourth-order valence-corrected chi connectivity index (χ4v) is 3.38. The molecule has 8 nitrogen and oxygen atoms in total. The van der Waals surface area contributed by atoms with E-state index < -0.39 is 0 Å². The van der Waals surface area contributed by atoms with Crippen molar-refractivity contribution in [2.24, 2.45) is 0 Å². The summed E-state index contributed by atoms with van der Waals surface area (Å²) in [7, 11) is 5.01. The van der Waals surface area contributed by atoms with Crippen LogP contribution in [0.3, 0.4) is 0 Å². The van der Waals surface area contributed by atoms with Crippen molar-refractivity contribution in [3.8, 4) is 0 Å². The van der Waals surface area contributed by atoms with Gasteiger partial charge in [0.1, 0.15) is 17.5 Å². The molecule has 1 aromatic carbocycles. The lowest BCUT2D eigenvalue weighted by Crippen LogP contribution is -2.28. The SMILES string of the molecule is CNc1cc([C@H]2CC(=O)N(c3ccc(F)cc3)C2)nc(CN(C)C(=O)CCOC)n1. The third-order valence-corrected chi connectivity index (χ3v) is 5.05. The predicted molar refractivity (Wildman–Crippen MR) is 111 cm³/mol. The number of nitrogens with one attached hydrogen (secondary N) is 1. The molecule has 2 heterocycles. The molecular weight excluding hydrogens is 389 g/mol. The van der Waals surface area contributed by atoms with E-state index in [9.17, 15) is 14.0 Å². The first-order chi connectivity index (χ1) is 14.4. The van der Waals surface area contributed by atoms with Crippen LogP contribution in [0.15, 0.2) is 30.3 Å². The van der Waals surface area contributed by atoms with E-state index in [0.29, 0.717) is 36.9 Å². The summed E-state index contributed by atoms with van der Waals surface area (Å²) < 4.78 is 18.2. The minimum Gasteiger partial charge on any atom is -0.384 e. The first-order valence-electron chi connectivity index (χ1n) is 9.75. The van der Waals surface area contributed by atoms with Crippen molar-refractivity contribution in [3.63, 3.8) is 0 Å². The average molecular weight is 415 g/mol. The molecule has 0 bridgehead atoms. The molecule has 1 aliphatic rings. The van der Waals surface area contributed by atoms with Crippen LogP contribution in [-0.4, -0.2) is 61.0 Å². The Morgan fingerprint density at radius 2 is 2.07 bits per heavy atom. The van der Waals surface area contributed by atoms with Crippen molar-refractivity contribution in [2.75, 3.05) is 44.6 Å². The van der Waals surface area contributed by atoms with Gasteiger partial charge in [-0.3, -0.25) is 9.59 Å². The van der Waals surface area contributed by atoms with Gasteiger partial charge in [-0.15, -0.1) is 0 Å². The fourth-order valence-electron chi connectivity index (χ4n) is 3.38. The van der Waals surface area contributed by atoms with Crippen LogP contribution in [-0.2, 0) is 20.9 Å². The first kappa shape index (κ1) is 21.6. The molecule has 30 heavy (non-hydrogen) atoms. The molecule has 9 heteroatoms. The second kappa shape index (κ2) is 9.62. The minimum absolute atomic E-state index is 0.0374. The topological polar surface area (TPSA) is 87.7 Å². The maximum Gasteiger partial charge on any atom is 0.227 e. The normalized spacial score (nSPS) is 16.1. The van der Waals surface area contributed by atoms with Crippen LogP contribution in [0.4, 0.5) is 15.9 Å². The molecule has 1 fully saturated rings. The Morgan fingerprint density at radius 3 is 2.73 bits per heavy atom. The van der Waals surface area contributed by atoms with Gasteiger partial charge in [0.2, 0.25) is 11.8 Å². The van der Waals surface area contributed by atoms with Gasteiger partial charge in [-0.25, -0.2) is 14.4 Å². The number of carbonyl (C=O) groups excluding carboxylic acids is 2. The molecule has 1 atom stereocenters. The van der Waals surface area contributed by atoms with Gasteiger partial charge in [0.05, 0.1) is 25.3 Å². The second-order valence-electron chi connectivity index (χ2n) is 7.22. The Labute approximate surface area is 175 Å². The van der Waals surface area contributed by atoms with Crippen molar-refractivity contribution in [3.05, 3.63) is 47.7 Å². The molecule has 0 unspecified atom stereocenters. The Balaban J connectivity index is 1.77. The number of hydrogen-bond donors (Lipinski definition) is 1. The molecule has 0 saturated carbocycles. The lowest BCUT2D eigenvalue weighted by atomic mass is 10.0. The van der Waals surface area contributed by atoms with E-state index in [1.807, 2.05) is 6.07 Å². The van der Waals surface area contributed by atoms with Crippen molar-refractivity contribution in [1.29, 1.82) is 0 Å². The molecule has 1 aliphatic heterocycles. The van der Waals surface area contributed by atoms with Gasteiger partial charge < -0.3 is 19.9 Å².